The molecule has 1 aromatic rings. The molecule has 0 aromatic heterocycles. The van der Waals surface area contributed by atoms with Gasteiger partial charge >= 0.3 is 0 Å². The molecule has 2 fully saturated rings. The van der Waals surface area contributed by atoms with E-state index in [0.717, 1.165) is 36.9 Å². The van der Waals surface area contributed by atoms with Crippen molar-refractivity contribution in [3.05, 3.63) is 29.3 Å². The summed E-state index contributed by atoms with van der Waals surface area (Å²) in [5, 5.41) is 3.16. The molecule has 144 valence electrons. The lowest BCUT2D eigenvalue weighted by Gasteiger charge is -2.32. The minimum atomic E-state index is -3.73. The van der Waals surface area contributed by atoms with Gasteiger partial charge in [-0.3, -0.25) is 4.79 Å². The number of carbonyl (C=O) groups excluding carboxylic acids is 1. The molecule has 1 saturated heterocycles. The smallest absolute Gasteiger partial charge is 0.244 e. The Morgan fingerprint density at radius 1 is 1.27 bits per heavy atom. The summed E-state index contributed by atoms with van der Waals surface area (Å²) in [6.45, 7) is 5.89. The van der Waals surface area contributed by atoms with Gasteiger partial charge in [-0.15, -0.1) is 0 Å². The van der Waals surface area contributed by atoms with Crippen LogP contribution in [0.5, 0.6) is 0 Å². The third-order valence-electron chi connectivity index (χ3n) is 6.01. The van der Waals surface area contributed by atoms with Gasteiger partial charge in [0.1, 0.15) is 0 Å². The van der Waals surface area contributed by atoms with Crippen molar-refractivity contribution < 1.29 is 13.2 Å². The number of aryl methyl sites for hydroxylation is 2. The standard InChI is InChI=1S/C20H30N2O3S/c1-15-6-7-16(2)18(12-15)26(24,25)20(9-4-5-10-20)19(23)22-11-8-17(14-22)13-21-3/h6-7,12,17,21H,4-5,8-11,13-14H2,1-3H3/t17-/m1/s1. The molecule has 1 atom stereocenters. The molecule has 1 amide bonds. The van der Waals surface area contributed by atoms with Crippen LogP contribution in [0.4, 0.5) is 0 Å². The highest BCUT2D eigenvalue weighted by atomic mass is 32.2. The van der Waals surface area contributed by atoms with Crippen molar-refractivity contribution in [2.45, 2.75) is 55.6 Å². The Kier molecular flexibility index (Phi) is 5.45. The van der Waals surface area contributed by atoms with E-state index in [1.165, 1.54) is 0 Å². The molecule has 1 aliphatic carbocycles. The first-order valence-electron chi connectivity index (χ1n) is 9.58. The second-order valence-corrected chi connectivity index (χ2v) is 10.2. The highest BCUT2D eigenvalue weighted by Crippen LogP contribution is 2.43. The van der Waals surface area contributed by atoms with Gasteiger partial charge < -0.3 is 10.2 Å². The number of hydrogen-bond acceptors (Lipinski definition) is 4. The summed E-state index contributed by atoms with van der Waals surface area (Å²) < 4.78 is 26.1. The zero-order chi connectivity index (χ0) is 18.9. The summed E-state index contributed by atoms with van der Waals surface area (Å²) in [4.78, 5) is 15.6. The second-order valence-electron chi connectivity index (χ2n) is 7.94. The van der Waals surface area contributed by atoms with Crippen molar-refractivity contribution >= 4 is 15.7 Å². The molecule has 6 heteroatoms. The average Bonchev–Trinajstić information content (AvgIpc) is 3.27. The Labute approximate surface area is 157 Å². The quantitative estimate of drug-likeness (QED) is 0.855. The largest absolute Gasteiger partial charge is 0.341 e. The third-order valence-corrected chi connectivity index (χ3v) is 8.64. The van der Waals surface area contributed by atoms with Crippen molar-refractivity contribution in [3.63, 3.8) is 0 Å². The van der Waals surface area contributed by atoms with E-state index in [1.807, 2.05) is 33.0 Å². The van der Waals surface area contributed by atoms with E-state index >= 15 is 0 Å². The molecule has 1 aliphatic heterocycles. The molecule has 1 saturated carbocycles. The first kappa shape index (κ1) is 19.4. The Balaban J connectivity index is 1.97. The topological polar surface area (TPSA) is 66.5 Å². The number of rotatable bonds is 5. The molecule has 2 aliphatic rings. The monoisotopic (exact) mass is 378 g/mol. The van der Waals surface area contributed by atoms with Gasteiger partial charge in [-0.25, -0.2) is 8.42 Å². The van der Waals surface area contributed by atoms with Crippen LogP contribution in [0.3, 0.4) is 0 Å². The summed E-state index contributed by atoms with van der Waals surface area (Å²) in [5.41, 5.74) is 1.63. The van der Waals surface area contributed by atoms with E-state index in [9.17, 15) is 13.2 Å². The molecule has 1 N–H and O–H groups in total. The van der Waals surface area contributed by atoms with Gasteiger partial charge in [-0.2, -0.15) is 0 Å². The van der Waals surface area contributed by atoms with E-state index in [1.54, 1.807) is 11.0 Å². The molecule has 0 radical (unpaired) electrons. The van der Waals surface area contributed by atoms with Crippen LogP contribution >= 0.6 is 0 Å². The maximum Gasteiger partial charge on any atom is 0.244 e. The highest BCUT2D eigenvalue weighted by molar-refractivity contribution is 7.93. The van der Waals surface area contributed by atoms with Crippen LogP contribution in [-0.4, -0.2) is 50.7 Å². The van der Waals surface area contributed by atoms with Crippen LogP contribution in [0.1, 0.15) is 43.2 Å². The summed E-state index contributed by atoms with van der Waals surface area (Å²) >= 11 is 0. The summed E-state index contributed by atoms with van der Waals surface area (Å²) in [6.07, 6.45) is 3.41. The number of nitrogens with zero attached hydrogens (tertiary/aromatic N) is 1. The van der Waals surface area contributed by atoms with Crippen LogP contribution in [-0.2, 0) is 14.6 Å². The number of benzene rings is 1. The fourth-order valence-electron chi connectivity index (χ4n) is 4.51. The van der Waals surface area contributed by atoms with Gasteiger partial charge in [-0.1, -0.05) is 25.0 Å². The normalized spacial score (nSPS) is 22.7. The van der Waals surface area contributed by atoms with Gasteiger partial charge in [-0.05, 0) is 69.8 Å². The summed E-state index contributed by atoms with van der Waals surface area (Å²) in [7, 11) is -1.82. The van der Waals surface area contributed by atoms with Gasteiger partial charge in [0.2, 0.25) is 5.91 Å². The van der Waals surface area contributed by atoms with Gasteiger partial charge in [0.25, 0.3) is 0 Å². The molecular weight excluding hydrogens is 348 g/mol. The van der Waals surface area contributed by atoms with Crippen molar-refractivity contribution in [1.29, 1.82) is 0 Å². The highest BCUT2D eigenvalue weighted by Gasteiger charge is 2.55. The lowest BCUT2D eigenvalue weighted by molar-refractivity contribution is -0.133. The zero-order valence-corrected chi connectivity index (χ0v) is 16.9. The van der Waals surface area contributed by atoms with Gasteiger partial charge in [0.15, 0.2) is 14.6 Å². The average molecular weight is 379 g/mol. The van der Waals surface area contributed by atoms with Crippen molar-refractivity contribution in [3.8, 4) is 0 Å². The van der Waals surface area contributed by atoms with E-state index in [-0.39, 0.29) is 5.91 Å². The molecular formula is C20H30N2O3S. The fourth-order valence-corrected chi connectivity index (χ4v) is 6.95. The lowest BCUT2D eigenvalue weighted by atomic mass is 10.1. The zero-order valence-electron chi connectivity index (χ0n) is 16.0. The fraction of sp³-hybridized carbons (Fsp3) is 0.650. The molecule has 1 aromatic carbocycles. The van der Waals surface area contributed by atoms with E-state index < -0.39 is 14.6 Å². The van der Waals surface area contributed by atoms with Gasteiger partial charge in [0.05, 0.1) is 4.90 Å². The lowest BCUT2D eigenvalue weighted by Crippen LogP contribution is -2.52. The van der Waals surface area contributed by atoms with Crippen LogP contribution < -0.4 is 5.32 Å². The number of sulfone groups is 1. The van der Waals surface area contributed by atoms with Crippen LogP contribution in [0, 0.1) is 19.8 Å². The van der Waals surface area contributed by atoms with Crippen molar-refractivity contribution in [2.75, 3.05) is 26.7 Å². The molecule has 0 unspecified atom stereocenters. The molecule has 3 rings (SSSR count). The van der Waals surface area contributed by atoms with Crippen molar-refractivity contribution in [1.82, 2.24) is 10.2 Å². The number of amides is 1. The number of carbonyl (C=O) groups is 1. The van der Waals surface area contributed by atoms with E-state index in [4.69, 9.17) is 0 Å². The molecule has 5 nitrogen and oxygen atoms in total. The molecule has 1 heterocycles. The van der Waals surface area contributed by atoms with Crippen LogP contribution in [0.2, 0.25) is 0 Å². The Hall–Kier alpha value is -1.40. The SMILES string of the molecule is CNC[C@H]1CCN(C(=O)C2(S(=O)(=O)c3cc(C)ccc3C)CCCC2)C1. The maximum absolute atomic E-state index is 13.7. The van der Waals surface area contributed by atoms with Crippen molar-refractivity contribution in [2.24, 2.45) is 5.92 Å². The van der Waals surface area contributed by atoms with Gasteiger partial charge in [0, 0.05) is 13.1 Å². The van der Waals surface area contributed by atoms with Crippen LogP contribution in [0.25, 0.3) is 0 Å². The molecule has 26 heavy (non-hydrogen) atoms. The Bertz CT molecular complexity index is 782. The van der Waals surface area contributed by atoms with Crippen LogP contribution in [0.15, 0.2) is 23.1 Å². The maximum atomic E-state index is 13.7. The minimum absolute atomic E-state index is 0.172. The summed E-state index contributed by atoms with van der Waals surface area (Å²) in [6, 6.07) is 5.49. The first-order valence-corrected chi connectivity index (χ1v) is 11.1. The number of likely N-dealkylation sites (tertiary alicyclic amines) is 1. The predicted octanol–water partition coefficient (Wildman–Crippen LogP) is 2.46. The van der Waals surface area contributed by atoms with E-state index in [2.05, 4.69) is 5.32 Å². The number of nitrogens with one attached hydrogen (secondary N) is 1. The Morgan fingerprint density at radius 3 is 2.62 bits per heavy atom. The number of hydrogen-bond donors (Lipinski definition) is 1. The minimum Gasteiger partial charge on any atom is -0.341 e. The Morgan fingerprint density at radius 2 is 1.96 bits per heavy atom. The molecule has 0 bridgehead atoms. The van der Waals surface area contributed by atoms with E-state index in [0.29, 0.717) is 36.7 Å². The summed E-state index contributed by atoms with van der Waals surface area (Å²) in [5.74, 6) is 0.236. The predicted molar refractivity (Wildman–Crippen MR) is 103 cm³/mol. The second kappa shape index (κ2) is 7.31. The molecule has 0 spiro atoms. The first-order chi connectivity index (χ1) is 12.3. The third kappa shape index (κ3) is 3.18.